The molecule has 2 unspecified atom stereocenters. The van der Waals surface area contributed by atoms with Crippen molar-refractivity contribution in [3.63, 3.8) is 0 Å². The molecule has 6 nitrogen and oxygen atoms in total. The van der Waals surface area contributed by atoms with E-state index in [1.54, 1.807) is 0 Å². The molecule has 0 aliphatic carbocycles. The van der Waals surface area contributed by atoms with Gasteiger partial charge in [-0.05, 0) is 37.5 Å². The van der Waals surface area contributed by atoms with E-state index in [1.807, 2.05) is 27.7 Å². The van der Waals surface area contributed by atoms with E-state index in [2.05, 4.69) is 24.5 Å². The zero-order valence-corrected chi connectivity index (χ0v) is 16.7. The average Bonchev–Trinajstić information content (AvgIpc) is 2.49. The first-order valence-corrected chi connectivity index (χ1v) is 9.43. The third kappa shape index (κ3) is 10.1. The summed E-state index contributed by atoms with van der Waals surface area (Å²) in [5, 5.41) is 5.52. The second kappa shape index (κ2) is 11.9. The van der Waals surface area contributed by atoms with E-state index < -0.39 is 12.1 Å². The van der Waals surface area contributed by atoms with Crippen LogP contribution < -0.4 is 16.4 Å². The fraction of sp³-hybridized carbons (Fsp3) is 0.842. The van der Waals surface area contributed by atoms with Crippen molar-refractivity contribution in [2.24, 2.45) is 29.4 Å². The second-order valence-electron chi connectivity index (χ2n) is 7.89. The molecule has 0 saturated heterocycles. The zero-order chi connectivity index (χ0) is 19.6. The number of unbranched alkanes of at least 4 members (excludes halogenated alkanes) is 1. The van der Waals surface area contributed by atoms with Gasteiger partial charge in [0, 0.05) is 18.4 Å². The number of amides is 3. The van der Waals surface area contributed by atoms with Gasteiger partial charge in [0.25, 0.3) is 0 Å². The van der Waals surface area contributed by atoms with Crippen LogP contribution in [0.25, 0.3) is 0 Å². The minimum Gasteiger partial charge on any atom is -0.352 e. The zero-order valence-electron chi connectivity index (χ0n) is 16.7. The van der Waals surface area contributed by atoms with Crippen molar-refractivity contribution in [3.8, 4) is 0 Å². The molecule has 0 aromatic heterocycles. The lowest BCUT2D eigenvalue weighted by Crippen LogP contribution is -2.46. The van der Waals surface area contributed by atoms with Crippen LogP contribution >= 0.6 is 0 Å². The molecule has 0 rings (SSSR count). The number of carbonyl (C=O) groups is 3. The Balaban J connectivity index is 4.78. The summed E-state index contributed by atoms with van der Waals surface area (Å²) in [7, 11) is 0. The summed E-state index contributed by atoms with van der Waals surface area (Å²) in [5.74, 6) is 0.478. The Hall–Kier alpha value is -1.59. The van der Waals surface area contributed by atoms with E-state index in [-0.39, 0.29) is 29.4 Å². The SMILES string of the molecule is CC(C)CC(C(=O)NC(CCCCNC(N)=O)C(=O)C(C)C)C(C)C. The molecule has 0 saturated carbocycles. The normalized spacial score (nSPS) is 13.8. The summed E-state index contributed by atoms with van der Waals surface area (Å²) in [4.78, 5) is 35.8. The van der Waals surface area contributed by atoms with Crippen LogP contribution in [0.4, 0.5) is 4.79 Å². The Kier molecular flexibility index (Phi) is 11.1. The Morgan fingerprint density at radius 3 is 2.00 bits per heavy atom. The average molecular weight is 356 g/mol. The molecule has 0 aromatic carbocycles. The monoisotopic (exact) mass is 355 g/mol. The van der Waals surface area contributed by atoms with Gasteiger partial charge in [-0.3, -0.25) is 9.59 Å². The van der Waals surface area contributed by atoms with E-state index >= 15 is 0 Å². The molecule has 25 heavy (non-hydrogen) atoms. The standard InChI is InChI=1S/C19H37N3O3/c1-12(2)11-15(13(3)4)18(24)22-16(17(23)14(5)6)9-7-8-10-21-19(20)25/h12-16H,7-11H2,1-6H3,(H,22,24)(H3,20,21,25). The molecule has 0 aliphatic heterocycles. The van der Waals surface area contributed by atoms with Crippen molar-refractivity contribution in [2.45, 2.75) is 73.3 Å². The van der Waals surface area contributed by atoms with Crippen molar-refractivity contribution in [1.82, 2.24) is 10.6 Å². The van der Waals surface area contributed by atoms with Crippen molar-refractivity contribution in [3.05, 3.63) is 0 Å². The summed E-state index contributed by atoms with van der Waals surface area (Å²) >= 11 is 0. The van der Waals surface area contributed by atoms with Crippen molar-refractivity contribution >= 4 is 17.7 Å². The molecule has 0 heterocycles. The largest absolute Gasteiger partial charge is 0.352 e. The van der Waals surface area contributed by atoms with E-state index in [9.17, 15) is 14.4 Å². The van der Waals surface area contributed by atoms with Crippen LogP contribution in [0.15, 0.2) is 0 Å². The lowest BCUT2D eigenvalue weighted by Gasteiger charge is -2.26. The summed E-state index contributed by atoms with van der Waals surface area (Å²) in [5.41, 5.74) is 5.03. The quantitative estimate of drug-likeness (QED) is 0.469. The highest BCUT2D eigenvalue weighted by molar-refractivity contribution is 5.90. The number of hydrogen-bond acceptors (Lipinski definition) is 3. The van der Waals surface area contributed by atoms with Gasteiger partial charge in [-0.25, -0.2) is 4.79 Å². The van der Waals surface area contributed by atoms with Crippen molar-refractivity contribution in [1.29, 1.82) is 0 Å². The highest BCUT2D eigenvalue weighted by Crippen LogP contribution is 2.21. The molecule has 3 amide bonds. The predicted molar refractivity (Wildman–Crippen MR) is 101 cm³/mol. The molecule has 6 heteroatoms. The lowest BCUT2D eigenvalue weighted by atomic mass is 9.86. The molecule has 0 fully saturated rings. The topological polar surface area (TPSA) is 101 Å². The highest BCUT2D eigenvalue weighted by Gasteiger charge is 2.28. The van der Waals surface area contributed by atoms with Gasteiger partial charge in [-0.2, -0.15) is 0 Å². The van der Waals surface area contributed by atoms with Crippen LogP contribution in [-0.2, 0) is 9.59 Å². The fourth-order valence-electron chi connectivity index (χ4n) is 2.84. The molecule has 0 aromatic rings. The maximum Gasteiger partial charge on any atom is 0.312 e. The summed E-state index contributed by atoms with van der Waals surface area (Å²) < 4.78 is 0. The smallest absolute Gasteiger partial charge is 0.312 e. The first-order chi connectivity index (χ1) is 11.6. The van der Waals surface area contributed by atoms with Gasteiger partial charge in [0.1, 0.15) is 0 Å². The summed E-state index contributed by atoms with van der Waals surface area (Å²) in [6.45, 7) is 12.5. The molecular weight excluding hydrogens is 318 g/mol. The van der Waals surface area contributed by atoms with E-state index in [4.69, 9.17) is 5.73 Å². The van der Waals surface area contributed by atoms with Gasteiger partial charge in [-0.1, -0.05) is 41.5 Å². The molecule has 0 bridgehead atoms. The second-order valence-corrected chi connectivity index (χ2v) is 7.89. The van der Waals surface area contributed by atoms with Crippen LogP contribution in [0.5, 0.6) is 0 Å². The summed E-state index contributed by atoms with van der Waals surface area (Å²) in [6.07, 6.45) is 2.85. The van der Waals surface area contributed by atoms with E-state index in [1.165, 1.54) is 0 Å². The summed E-state index contributed by atoms with van der Waals surface area (Å²) in [6, 6.07) is -1.01. The van der Waals surface area contributed by atoms with Gasteiger partial charge < -0.3 is 16.4 Å². The highest BCUT2D eigenvalue weighted by atomic mass is 16.2. The number of rotatable bonds is 12. The molecule has 0 spiro atoms. The van der Waals surface area contributed by atoms with Crippen molar-refractivity contribution in [2.75, 3.05) is 6.54 Å². The van der Waals surface area contributed by atoms with Crippen molar-refractivity contribution < 1.29 is 14.4 Å². The maximum atomic E-state index is 12.7. The van der Waals surface area contributed by atoms with E-state index in [0.29, 0.717) is 18.9 Å². The van der Waals surface area contributed by atoms with Gasteiger partial charge in [0.05, 0.1) is 6.04 Å². The molecule has 0 aliphatic rings. The third-order valence-electron chi connectivity index (χ3n) is 4.31. The Morgan fingerprint density at radius 1 is 0.960 bits per heavy atom. The van der Waals surface area contributed by atoms with Gasteiger partial charge in [0.15, 0.2) is 5.78 Å². The van der Waals surface area contributed by atoms with Crippen LogP contribution in [0.3, 0.4) is 0 Å². The first-order valence-electron chi connectivity index (χ1n) is 9.43. The number of primary amides is 1. The van der Waals surface area contributed by atoms with Gasteiger partial charge >= 0.3 is 6.03 Å². The number of carbonyl (C=O) groups excluding carboxylic acids is 3. The third-order valence-corrected chi connectivity index (χ3v) is 4.31. The first kappa shape index (κ1) is 23.4. The van der Waals surface area contributed by atoms with Gasteiger partial charge in [-0.15, -0.1) is 0 Å². The lowest BCUT2D eigenvalue weighted by molar-refractivity contribution is -0.132. The molecule has 4 N–H and O–H groups in total. The number of Topliss-reactive ketones (excluding diaryl/α,β-unsaturated/α-hetero) is 1. The minimum absolute atomic E-state index is 0.0297. The Labute approximate surface area is 152 Å². The number of ketones is 1. The molecule has 2 atom stereocenters. The van der Waals surface area contributed by atoms with Crippen LogP contribution in [0.2, 0.25) is 0 Å². The molecule has 146 valence electrons. The van der Waals surface area contributed by atoms with Crippen LogP contribution in [-0.4, -0.2) is 30.3 Å². The van der Waals surface area contributed by atoms with Gasteiger partial charge in [0.2, 0.25) is 5.91 Å². The van der Waals surface area contributed by atoms with Crippen LogP contribution in [0, 0.1) is 23.7 Å². The minimum atomic E-state index is -0.545. The number of nitrogens with two attached hydrogens (primary N) is 1. The molecular formula is C19H37N3O3. The number of nitrogens with one attached hydrogen (secondary N) is 2. The Morgan fingerprint density at radius 2 is 1.56 bits per heavy atom. The molecule has 0 radical (unpaired) electrons. The van der Waals surface area contributed by atoms with Crippen LogP contribution in [0.1, 0.15) is 67.2 Å². The Bertz CT molecular complexity index is 434. The number of hydrogen-bond donors (Lipinski definition) is 3. The fourth-order valence-corrected chi connectivity index (χ4v) is 2.84. The van der Waals surface area contributed by atoms with E-state index in [0.717, 1.165) is 19.3 Å². The predicted octanol–water partition coefficient (Wildman–Crippen LogP) is 2.85. The number of urea groups is 1. The maximum absolute atomic E-state index is 12.7.